The number of nitrogens with one attached hydrogen (secondary N) is 2. The van der Waals surface area contributed by atoms with E-state index in [-0.39, 0.29) is 17.9 Å². The molecule has 1 saturated heterocycles. The number of unbranched alkanes of at least 4 members (excludes halogenated alkanes) is 1. The summed E-state index contributed by atoms with van der Waals surface area (Å²) < 4.78 is 0. The lowest BCUT2D eigenvalue weighted by Crippen LogP contribution is -2.51. The van der Waals surface area contributed by atoms with Crippen LogP contribution in [0.15, 0.2) is 54.6 Å². The second-order valence-corrected chi connectivity index (χ2v) is 8.53. The number of amides is 2. The Balaban J connectivity index is 1.39. The molecule has 0 saturated carbocycles. The average molecular weight is 437 g/mol. The molecule has 2 aromatic carbocycles. The molecule has 1 aliphatic heterocycles. The highest BCUT2D eigenvalue weighted by molar-refractivity contribution is 5.79. The monoisotopic (exact) mass is 436 g/mol. The van der Waals surface area contributed by atoms with Gasteiger partial charge in [-0.15, -0.1) is 0 Å². The number of carbonyl (C=O) groups is 2. The highest BCUT2D eigenvalue weighted by Gasteiger charge is 2.21. The van der Waals surface area contributed by atoms with Gasteiger partial charge < -0.3 is 10.6 Å². The minimum absolute atomic E-state index is 0.0374. The quantitative estimate of drug-likeness (QED) is 0.562. The summed E-state index contributed by atoms with van der Waals surface area (Å²) in [5.41, 5.74) is 3.45. The highest BCUT2D eigenvalue weighted by Crippen LogP contribution is 2.21. The third-order valence-electron chi connectivity index (χ3n) is 5.95. The third kappa shape index (κ3) is 7.46. The maximum Gasteiger partial charge on any atom is 0.234 e. The second kappa shape index (κ2) is 12.4. The molecule has 1 atom stereocenters. The minimum atomic E-state index is -0.0413. The Kier molecular flexibility index (Phi) is 9.26. The fourth-order valence-corrected chi connectivity index (χ4v) is 3.94. The summed E-state index contributed by atoms with van der Waals surface area (Å²) in [6.45, 7) is 8.95. The third-order valence-corrected chi connectivity index (χ3v) is 5.95. The van der Waals surface area contributed by atoms with Crippen molar-refractivity contribution in [2.24, 2.45) is 0 Å². The summed E-state index contributed by atoms with van der Waals surface area (Å²) in [5.74, 6) is 0.132. The Bertz CT molecular complexity index is 846. The van der Waals surface area contributed by atoms with Crippen LogP contribution in [-0.2, 0) is 9.59 Å². The van der Waals surface area contributed by atoms with E-state index >= 15 is 0 Å². The van der Waals surface area contributed by atoms with Gasteiger partial charge in [0.15, 0.2) is 0 Å². The fourth-order valence-electron chi connectivity index (χ4n) is 3.94. The Morgan fingerprint density at radius 1 is 0.844 bits per heavy atom. The zero-order valence-electron chi connectivity index (χ0n) is 19.3. The molecule has 1 aliphatic rings. The summed E-state index contributed by atoms with van der Waals surface area (Å²) in [7, 11) is 0. The van der Waals surface area contributed by atoms with Crippen LogP contribution in [0.4, 0.5) is 0 Å². The summed E-state index contributed by atoms with van der Waals surface area (Å²) in [4.78, 5) is 28.8. The van der Waals surface area contributed by atoms with E-state index in [4.69, 9.17) is 0 Å². The first-order valence-electron chi connectivity index (χ1n) is 11.7. The van der Waals surface area contributed by atoms with Crippen molar-refractivity contribution in [3.05, 3.63) is 60.2 Å². The van der Waals surface area contributed by atoms with Gasteiger partial charge in [0.25, 0.3) is 0 Å². The summed E-state index contributed by atoms with van der Waals surface area (Å²) in [5, 5.41) is 6.08. The predicted octanol–water partition coefficient (Wildman–Crippen LogP) is 3.06. The van der Waals surface area contributed by atoms with Crippen LogP contribution < -0.4 is 10.6 Å². The molecule has 32 heavy (non-hydrogen) atoms. The molecule has 0 unspecified atom stereocenters. The lowest BCUT2D eigenvalue weighted by molar-refractivity contribution is -0.125. The topological polar surface area (TPSA) is 64.7 Å². The van der Waals surface area contributed by atoms with Crippen molar-refractivity contribution in [3.63, 3.8) is 0 Å². The molecule has 2 N–H and O–H groups in total. The maximum absolute atomic E-state index is 12.6. The Morgan fingerprint density at radius 2 is 1.41 bits per heavy atom. The van der Waals surface area contributed by atoms with E-state index < -0.39 is 0 Å². The van der Waals surface area contributed by atoms with E-state index in [0.29, 0.717) is 13.1 Å². The van der Waals surface area contributed by atoms with Crippen molar-refractivity contribution in [2.75, 3.05) is 45.8 Å². The summed E-state index contributed by atoms with van der Waals surface area (Å²) >= 11 is 0. The van der Waals surface area contributed by atoms with Crippen molar-refractivity contribution >= 4 is 11.8 Å². The van der Waals surface area contributed by atoms with Gasteiger partial charge in [0.05, 0.1) is 19.1 Å². The van der Waals surface area contributed by atoms with Crippen LogP contribution in [0.3, 0.4) is 0 Å². The van der Waals surface area contributed by atoms with Gasteiger partial charge in [-0.2, -0.15) is 0 Å². The number of rotatable bonds is 10. The lowest BCUT2D eigenvalue weighted by atomic mass is 10.0. The second-order valence-electron chi connectivity index (χ2n) is 8.53. The van der Waals surface area contributed by atoms with Gasteiger partial charge in [-0.05, 0) is 30.0 Å². The molecule has 0 bridgehead atoms. The van der Waals surface area contributed by atoms with Crippen molar-refractivity contribution in [3.8, 4) is 11.1 Å². The molecule has 0 spiro atoms. The van der Waals surface area contributed by atoms with Gasteiger partial charge in [0, 0.05) is 32.7 Å². The Labute approximate surface area is 192 Å². The molecule has 2 amide bonds. The van der Waals surface area contributed by atoms with E-state index in [9.17, 15) is 9.59 Å². The number of nitrogens with zero attached hydrogens (tertiary/aromatic N) is 2. The van der Waals surface area contributed by atoms with E-state index in [1.165, 1.54) is 11.1 Å². The minimum Gasteiger partial charge on any atom is -0.355 e. The predicted molar refractivity (Wildman–Crippen MR) is 129 cm³/mol. The van der Waals surface area contributed by atoms with Gasteiger partial charge in [0.1, 0.15) is 0 Å². The van der Waals surface area contributed by atoms with Crippen molar-refractivity contribution in [1.82, 2.24) is 20.4 Å². The van der Waals surface area contributed by atoms with Gasteiger partial charge in [-0.3, -0.25) is 19.4 Å². The molecule has 2 aromatic rings. The number of hydrogen-bond acceptors (Lipinski definition) is 4. The molecule has 0 aliphatic carbocycles. The molecule has 6 nitrogen and oxygen atoms in total. The van der Waals surface area contributed by atoms with Crippen molar-refractivity contribution in [2.45, 2.75) is 32.7 Å². The summed E-state index contributed by atoms with van der Waals surface area (Å²) in [6, 6.07) is 18.6. The standard InChI is InChI=1S/C26H36N4O2/c1-3-4-14-27-25(31)19-29-15-17-30(18-16-29)20-26(32)28-21(2)22-10-12-24(13-11-22)23-8-6-5-7-9-23/h5-13,21H,3-4,14-20H2,1-2H3,(H,27,31)(H,28,32)/t21-/m1/s1. The van der Waals surface area contributed by atoms with Crippen LogP contribution >= 0.6 is 0 Å². The van der Waals surface area contributed by atoms with Crippen LogP contribution in [0, 0.1) is 0 Å². The van der Waals surface area contributed by atoms with Crippen LogP contribution in [-0.4, -0.2) is 67.4 Å². The number of hydrogen-bond donors (Lipinski definition) is 2. The molecule has 6 heteroatoms. The number of benzene rings is 2. The summed E-state index contributed by atoms with van der Waals surface area (Å²) in [6.07, 6.45) is 2.10. The van der Waals surface area contributed by atoms with E-state index in [1.54, 1.807) is 0 Å². The smallest absolute Gasteiger partial charge is 0.234 e. The Morgan fingerprint density at radius 3 is 2.00 bits per heavy atom. The lowest BCUT2D eigenvalue weighted by Gasteiger charge is -2.34. The average Bonchev–Trinajstić information content (AvgIpc) is 2.81. The molecule has 3 rings (SSSR count). The molecule has 0 radical (unpaired) electrons. The normalized spacial score (nSPS) is 15.8. The zero-order chi connectivity index (χ0) is 22.8. The first-order chi connectivity index (χ1) is 15.5. The fraction of sp³-hybridized carbons (Fsp3) is 0.462. The van der Waals surface area contributed by atoms with Gasteiger partial charge in [0.2, 0.25) is 11.8 Å². The van der Waals surface area contributed by atoms with Crippen LogP contribution in [0.1, 0.15) is 38.3 Å². The van der Waals surface area contributed by atoms with Gasteiger partial charge in [-0.25, -0.2) is 0 Å². The zero-order valence-corrected chi connectivity index (χ0v) is 19.3. The first kappa shape index (κ1) is 24.0. The molecule has 1 fully saturated rings. The largest absolute Gasteiger partial charge is 0.355 e. The van der Waals surface area contributed by atoms with Crippen LogP contribution in [0.5, 0.6) is 0 Å². The highest BCUT2D eigenvalue weighted by atomic mass is 16.2. The van der Waals surface area contributed by atoms with E-state index in [1.807, 2.05) is 25.1 Å². The molecule has 1 heterocycles. The molecular weight excluding hydrogens is 400 g/mol. The Hall–Kier alpha value is -2.70. The molecular formula is C26H36N4O2. The number of piperazine rings is 1. The van der Waals surface area contributed by atoms with Crippen molar-refractivity contribution in [1.29, 1.82) is 0 Å². The van der Waals surface area contributed by atoms with E-state index in [0.717, 1.165) is 51.1 Å². The van der Waals surface area contributed by atoms with Gasteiger partial charge in [-0.1, -0.05) is 67.9 Å². The maximum atomic E-state index is 12.6. The van der Waals surface area contributed by atoms with Crippen LogP contribution in [0.25, 0.3) is 11.1 Å². The SMILES string of the molecule is CCCCNC(=O)CN1CCN(CC(=O)N[C@H](C)c2ccc(-c3ccccc3)cc2)CC1. The van der Waals surface area contributed by atoms with E-state index in [2.05, 4.69) is 63.8 Å². The number of carbonyl (C=O) groups excluding carboxylic acids is 2. The first-order valence-corrected chi connectivity index (χ1v) is 11.7. The van der Waals surface area contributed by atoms with Crippen molar-refractivity contribution < 1.29 is 9.59 Å². The molecule has 172 valence electrons. The molecule has 0 aromatic heterocycles. The van der Waals surface area contributed by atoms with Crippen LogP contribution in [0.2, 0.25) is 0 Å². The van der Waals surface area contributed by atoms with Gasteiger partial charge >= 0.3 is 0 Å².